The van der Waals surface area contributed by atoms with Gasteiger partial charge in [-0.1, -0.05) is 0 Å². The summed E-state index contributed by atoms with van der Waals surface area (Å²) < 4.78 is 5.14. The van der Waals surface area contributed by atoms with Gasteiger partial charge in [0.15, 0.2) is 0 Å². The number of nitrogens with one attached hydrogen (secondary N) is 2. The zero-order valence-corrected chi connectivity index (χ0v) is 13.4. The second-order valence-electron chi connectivity index (χ2n) is 5.71. The maximum Gasteiger partial charge on any atom is 0.407 e. The van der Waals surface area contributed by atoms with Crippen molar-refractivity contribution >= 4 is 12.0 Å². The molecule has 2 aromatic rings. The molecule has 0 unspecified atom stereocenters. The van der Waals surface area contributed by atoms with E-state index in [4.69, 9.17) is 4.74 Å². The predicted octanol–water partition coefficient (Wildman–Crippen LogP) is 1.87. The van der Waals surface area contributed by atoms with Crippen LogP contribution in [0.4, 0.5) is 10.7 Å². The Kier molecular flexibility index (Phi) is 5.40. The van der Waals surface area contributed by atoms with Crippen molar-refractivity contribution in [3.63, 3.8) is 0 Å². The Morgan fingerprint density at radius 2 is 1.96 bits per heavy atom. The van der Waals surface area contributed by atoms with Crippen molar-refractivity contribution in [3.8, 4) is 11.4 Å². The third-order valence-electron chi connectivity index (χ3n) is 2.56. The predicted molar refractivity (Wildman–Crippen MR) is 85.8 cm³/mol. The number of amides is 1. The number of anilines is 1. The van der Waals surface area contributed by atoms with Gasteiger partial charge in [0.05, 0.1) is 11.9 Å². The number of carbonyl (C=O) groups excluding carboxylic acids is 1. The van der Waals surface area contributed by atoms with Gasteiger partial charge in [-0.15, -0.1) is 0 Å². The van der Waals surface area contributed by atoms with Crippen LogP contribution in [0.3, 0.4) is 0 Å². The third-order valence-corrected chi connectivity index (χ3v) is 2.56. The van der Waals surface area contributed by atoms with Crippen molar-refractivity contribution in [2.24, 2.45) is 0 Å². The zero-order valence-electron chi connectivity index (χ0n) is 13.4. The highest BCUT2D eigenvalue weighted by Crippen LogP contribution is 2.12. The van der Waals surface area contributed by atoms with Crippen LogP contribution in [0.25, 0.3) is 11.4 Å². The Morgan fingerprint density at radius 1 is 1.13 bits per heavy atom. The van der Waals surface area contributed by atoms with Gasteiger partial charge < -0.3 is 15.4 Å². The highest BCUT2D eigenvalue weighted by atomic mass is 16.6. The van der Waals surface area contributed by atoms with Crippen molar-refractivity contribution in [1.82, 2.24) is 25.3 Å². The molecule has 0 bridgehead atoms. The minimum Gasteiger partial charge on any atom is -0.444 e. The van der Waals surface area contributed by atoms with Gasteiger partial charge in [-0.25, -0.2) is 14.8 Å². The smallest absolute Gasteiger partial charge is 0.407 e. The summed E-state index contributed by atoms with van der Waals surface area (Å²) >= 11 is 0. The lowest BCUT2D eigenvalue weighted by Gasteiger charge is -2.19. The van der Waals surface area contributed by atoms with E-state index < -0.39 is 11.7 Å². The van der Waals surface area contributed by atoms with E-state index in [0.29, 0.717) is 30.4 Å². The van der Waals surface area contributed by atoms with Crippen molar-refractivity contribution in [3.05, 3.63) is 30.9 Å². The van der Waals surface area contributed by atoms with E-state index >= 15 is 0 Å². The molecule has 0 aliphatic carbocycles. The SMILES string of the molecule is CC(C)(C)OC(=O)NCCNc1nccc(-c2cnccn2)n1. The molecule has 2 aromatic heterocycles. The second-order valence-corrected chi connectivity index (χ2v) is 5.71. The average Bonchev–Trinajstić information content (AvgIpc) is 2.51. The maximum atomic E-state index is 11.5. The van der Waals surface area contributed by atoms with Crippen LogP contribution >= 0.6 is 0 Å². The molecule has 0 radical (unpaired) electrons. The molecule has 2 rings (SSSR count). The second kappa shape index (κ2) is 7.48. The first-order valence-corrected chi connectivity index (χ1v) is 7.24. The van der Waals surface area contributed by atoms with Gasteiger partial charge in [0.2, 0.25) is 5.95 Å². The first-order chi connectivity index (χ1) is 10.9. The maximum absolute atomic E-state index is 11.5. The third kappa shape index (κ3) is 5.85. The first kappa shape index (κ1) is 16.6. The monoisotopic (exact) mass is 316 g/mol. The summed E-state index contributed by atoms with van der Waals surface area (Å²) in [6.07, 6.45) is 6.03. The number of alkyl carbamates (subject to hydrolysis) is 1. The number of carbonyl (C=O) groups is 1. The van der Waals surface area contributed by atoms with E-state index in [1.54, 1.807) is 30.9 Å². The molecule has 0 saturated carbocycles. The summed E-state index contributed by atoms with van der Waals surface area (Å²) in [6, 6.07) is 1.76. The topological polar surface area (TPSA) is 102 Å². The van der Waals surface area contributed by atoms with Crippen LogP contribution in [-0.4, -0.2) is 44.7 Å². The molecule has 1 amide bonds. The molecule has 2 heterocycles. The summed E-state index contributed by atoms with van der Waals surface area (Å²) in [5, 5.41) is 5.69. The fraction of sp³-hybridized carbons (Fsp3) is 0.400. The van der Waals surface area contributed by atoms with Crippen molar-refractivity contribution in [2.75, 3.05) is 18.4 Å². The van der Waals surface area contributed by atoms with Gasteiger partial charge in [0.1, 0.15) is 11.3 Å². The van der Waals surface area contributed by atoms with Gasteiger partial charge in [0, 0.05) is 31.7 Å². The van der Waals surface area contributed by atoms with Crippen LogP contribution in [0.1, 0.15) is 20.8 Å². The molecule has 122 valence electrons. The molecule has 2 N–H and O–H groups in total. The molecular weight excluding hydrogens is 296 g/mol. The Hall–Kier alpha value is -2.77. The zero-order chi connectivity index (χ0) is 16.7. The molecule has 0 spiro atoms. The van der Waals surface area contributed by atoms with Crippen LogP contribution in [-0.2, 0) is 4.74 Å². The number of rotatable bonds is 5. The van der Waals surface area contributed by atoms with E-state index in [1.165, 1.54) is 0 Å². The summed E-state index contributed by atoms with van der Waals surface area (Å²) in [5.74, 6) is 0.458. The van der Waals surface area contributed by atoms with E-state index in [0.717, 1.165) is 0 Å². The van der Waals surface area contributed by atoms with Crippen LogP contribution < -0.4 is 10.6 Å². The molecular formula is C15H20N6O2. The van der Waals surface area contributed by atoms with Crippen molar-refractivity contribution in [1.29, 1.82) is 0 Å². The van der Waals surface area contributed by atoms with E-state index in [1.807, 2.05) is 20.8 Å². The Labute approximate surface area is 134 Å². The quantitative estimate of drug-likeness (QED) is 0.812. The molecule has 0 atom stereocenters. The lowest BCUT2D eigenvalue weighted by atomic mass is 10.2. The molecule has 0 fully saturated rings. The number of nitrogens with zero attached hydrogens (tertiary/aromatic N) is 4. The molecule has 0 aliphatic rings. The van der Waals surface area contributed by atoms with E-state index in [-0.39, 0.29) is 0 Å². The van der Waals surface area contributed by atoms with Gasteiger partial charge in [-0.3, -0.25) is 9.97 Å². The fourth-order valence-corrected chi connectivity index (χ4v) is 1.67. The summed E-state index contributed by atoms with van der Waals surface area (Å²) in [5.41, 5.74) is 0.839. The normalized spacial score (nSPS) is 10.9. The minimum absolute atomic E-state index is 0.396. The lowest BCUT2D eigenvalue weighted by molar-refractivity contribution is 0.0530. The van der Waals surface area contributed by atoms with Gasteiger partial charge in [-0.2, -0.15) is 0 Å². The molecule has 23 heavy (non-hydrogen) atoms. The Bertz CT molecular complexity index is 642. The Balaban J connectivity index is 1.82. The van der Waals surface area contributed by atoms with Crippen molar-refractivity contribution < 1.29 is 9.53 Å². The van der Waals surface area contributed by atoms with Crippen LogP contribution in [0.15, 0.2) is 30.9 Å². The van der Waals surface area contributed by atoms with Gasteiger partial charge in [0.25, 0.3) is 0 Å². The number of hydrogen-bond acceptors (Lipinski definition) is 7. The van der Waals surface area contributed by atoms with E-state index in [2.05, 4.69) is 30.6 Å². The summed E-state index contributed by atoms with van der Waals surface area (Å²) in [7, 11) is 0. The molecule has 8 nitrogen and oxygen atoms in total. The van der Waals surface area contributed by atoms with E-state index in [9.17, 15) is 4.79 Å². The standard InChI is InChI=1S/C15H20N6O2/c1-15(2,3)23-14(22)20-9-8-19-13-18-5-4-11(21-13)12-10-16-6-7-17-12/h4-7,10H,8-9H2,1-3H3,(H,20,22)(H,18,19,21). The summed E-state index contributed by atoms with van der Waals surface area (Å²) in [4.78, 5) is 28.2. The first-order valence-electron chi connectivity index (χ1n) is 7.24. The average molecular weight is 316 g/mol. The highest BCUT2D eigenvalue weighted by Gasteiger charge is 2.15. The number of aromatic nitrogens is 4. The fourth-order valence-electron chi connectivity index (χ4n) is 1.67. The lowest BCUT2D eigenvalue weighted by Crippen LogP contribution is -2.35. The largest absolute Gasteiger partial charge is 0.444 e. The molecule has 0 saturated heterocycles. The Morgan fingerprint density at radius 3 is 2.65 bits per heavy atom. The molecule has 0 aromatic carbocycles. The minimum atomic E-state index is -0.508. The number of ether oxygens (including phenoxy) is 1. The van der Waals surface area contributed by atoms with Gasteiger partial charge >= 0.3 is 6.09 Å². The van der Waals surface area contributed by atoms with Crippen LogP contribution in [0.5, 0.6) is 0 Å². The highest BCUT2D eigenvalue weighted by molar-refractivity contribution is 5.67. The van der Waals surface area contributed by atoms with Gasteiger partial charge in [-0.05, 0) is 26.8 Å². The summed E-state index contributed by atoms with van der Waals surface area (Å²) in [6.45, 7) is 6.32. The molecule has 8 heteroatoms. The van der Waals surface area contributed by atoms with Crippen LogP contribution in [0.2, 0.25) is 0 Å². The number of hydrogen-bond donors (Lipinski definition) is 2. The molecule has 0 aliphatic heterocycles. The van der Waals surface area contributed by atoms with Crippen molar-refractivity contribution in [2.45, 2.75) is 26.4 Å². The van der Waals surface area contributed by atoms with Crippen LogP contribution in [0, 0.1) is 0 Å².